The van der Waals surface area contributed by atoms with Gasteiger partial charge in [-0.15, -0.1) is 11.3 Å². The highest BCUT2D eigenvalue weighted by atomic mass is 32.1. The molecule has 0 aromatic carbocycles. The van der Waals surface area contributed by atoms with Crippen LogP contribution in [0.1, 0.15) is 48.1 Å². The second kappa shape index (κ2) is 8.34. The molecule has 102 valence electrons. The van der Waals surface area contributed by atoms with Crippen LogP contribution in [0.25, 0.3) is 0 Å². The van der Waals surface area contributed by atoms with Gasteiger partial charge in [-0.25, -0.2) is 4.98 Å². The number of Topliss-reactive ketones (excluding diaryl/α,β-unsaturated/α-hetero) is 1. The van der Waals surface area contributed by atoms with Gasteiger partial charge in [0.25, 0.3) is 0 Å². The van der Waals surface area contributed by atoms with E-state index in [4.69, 9.17) is 0 Å². The maximum absolute atomic E-state index is 11.7. The van der Waals surface area contributed by atoms with E-state index in [9.17, 15) is 9.90 Å². The Kier molecular flexibility index (Phi) is 7.08. The van der Waals surface area contributed by atoms with Crippen molar-refractivity contribution in [3.8, 4) is 0 Å². The molecule has 0 radical (unpaired) electrons. The quantitative estimate of drug-likeness (QED) is 0.533. The van der Waals surface area contributed by atoms with Gasteiger partial charge in [0.15, 0.2) is 10.8 Å². The number of thiazole rings is 1. The summed E-state index contributed by atoms with van der Waals surface area (Å²) in [6, 6.07) is 0. The van der Waals surface area contributed by atoms with Crippen LogP contribution >= 0.6 is 11.3 Å². The van der Waals surface area contributed by atoms with Crippen molar-refractivity contribution in [2.75, 3.05) is 13.1 Å². The summed E-state index contributed by atoms with van der Waals surface area (Å²) in [6.45, 7) is 5.15. The van der Waals surface area contributed by atoms with Crippen molar-refractivity contribution >= 4 is 17.1 Å². The third-order valence-corrected chi connectivity index (χ3v) is 3.66. The number of aliphatic hydroxyl groups is 1. The van der Waals surface area contributed by atoms with E-state index in [2.05, 4.69) is 17.2 Å². The molecule has 0 fully saturated rings. The van der Waals surface area contributed by atoms with Crippen LogP contribution in [0.5, 0.6) is 0 Å². The Morgan fingerprint density at radius 3 is 3.00 bits per heavy atom. The number of rotatable bonds is 9. The number of hydrogen-bond acceptors (Lipinski definition) is 5. The molecule has 0 aliphatic rings. The Balaban J connectivity index is 2.12. The smallest absolute Gasteiger partial charge is 0.192 e. The number of aryl methyl sites for hydroxylation is 1. The zero-order valence-electron chi connectivity index (χ0n) is 11.1. The number of carbonyl (C=O) groups is 1. The standard InChI is InChI=1S/C13H22N2O2S/c1-3-4-5-11(16)8-14-7-6-12(17)13-15-10(2)9-18-13/h9,11,14,16H,3-8H2,1-2H3. The van der Waals surface area contributed by atoms with Crippen molar-refractivity contribution in [1.82, 2.24) is 10.3 Å². The highest BCUT2D eigenvalue weighted by molar-refractivity contribution is 7.11. The average molecular weight is 270 g/mol. The van der Waals surface area contributed by atoms with E-state index in [1.165, 1.54) is 11.3 Å². The van der Waals surface area contributed by atoms with Gasteiger partial charge in [-0.05, 0) is 13.3 Å². The van der Waals surface area contributed by atoms with E-state index in [1.54, 1.807) is 0 Å². The highest BCUT2D eigenvalue weighted by Crippen LogP contribution is 2.10. The fourth-order valence-electron chi connectivity index (χ4n) is 1.60. The Labute approximate surface area is 112 Å². The number of hydrogen-bond donors (Lipinski definition) is 2. The first-order chi connectivity index (χ1) is 8.63. The summed E-state index contributed by atoms with van der Waals surface area (Å²) < 4.78 is 0. The van der Waals surface area contributed by atoms with Crippen molar-refractivity contribution in [3.05, 3.63) is 16.1 Å². The molecule has 1 heterocycles. The summed E-state index contributed by atoms with van der Waals surface area (Å²) in [4.78, 5) is 15.9. The maximum atomic E-state index is 11.7. The van der Waals surface area contributed by atoms with Crippen LogP contribution in [0.3, 0.4) is 0 Å². The normalized spacial score (nSPS) is 12.6. The molecule has 1 rings (SSSR count). The number of nitrogens with zero attached hydrogens (tertiary/aromatic N) is 1. The van der Waals surface area contributed by atoms with Crippen LogP contribution in [0.4, 0.5) is 0 Å². The molecule has 1 aromatic rings. The zero-order valence-corrected chi connectivity index (χ0v) is 11.9. The molecule has 18 heavy (non-hydrogen) atoms. The van der Waals surface area contributed by atoms with Gasteiger partial charge in [-0.1, -0.05) is 19.8 Å². The number of aromatic nitrogens is 1. The summed E-state index contributed by atoms with van der Waals surface area (Å²) in [7, 11) is 0. The van der Waals surface area contributed by atoms with Crippen molar-refractivity contribution < 1.29 is 9.90 Å². The third-order valence-electron chi connectivity index (χ3n) is 2.66. The number of ketones is 1. The van der Waals surface area contributed by atoms with Crippen molar-refractivity contribution in [3.63, 3.8) is 0 Å². The molecule has 2 N–H and O–H groups in total. The SMILES string of the molecule is CCCCC(O)CNCCC(=O)c1nc(C)cs1. The second-order valence-corrected chi connectivity index (χ2v) is 5.33. The number of carbonyl (C=O) groups excluding carboxylic acids is 1. The highest BCUT2D eigenvalue weighted by Gasteiger charge is 2.09. The molecular weight excluding hydrogens is 248 g/mol. The molecule has 4 nitrogen and oxygen atoms in total. The molecular formula is C13H22N2O2S. The van der Waals surface area contributed by atoms with Crippen LogP contribution < -0.4 is 5.32 Å². The number of unbranched alkanes of at least 4 members (excludes halogenated alkanes) is 1. The summed E-state index contributed by atoms with van der Waals surface area (Å²) in [5.74, 6) is 0.0728. The lowest BCUT2D eigenvalue weighted by atomic mass is 10.1. The minimum absolute atomic E-state index is 0.0728. The van der Waals surface area contributed by atoms with E-state index < -0.39 is 0 Å². The van der Waals surface area contributed by atoms with Crippen LogP contribution in [0, 0.1) is 6.92 Å². The van der Waals surface area contributed by atoms with Crippen LogP contribution in [-0.4, -0.2) is 35.1 Å². The minimum Gasteiger partial charge on any atom is -0.392 e. The summed E-state index contributed by atoms with van der Waals surface area (Å²) in [5, 5.41) is 15.2. The molecule has 0 saturated carbocycles. The minimum atomic E-state index is -0.304. The van der Waals surface area contributed by atoms with Gasteiger partial charge in [0.2, 0.25) is 0 Å². The Morgan fingerprint density at radius 2 is 2.39 bits per heavy atom. The van der Waals surface area contributed by atoms with Gasteiger partial charge in [0.1, 0.15) is 0 Å². The first-order valence-electron chi connectivity index (χ1n) is 6.47. The van der Waals surface area contributed by atoms with Gasteiger partial charge in [-0.2, -0.15) is 0 Å². The molecule has 1 unspecified atom stereocenters. The van der Waals surface area contributed by atoms with Crippen LogP contribution in [0.15, 0.2) is 5.38 Å². The Morgan fingerprint density at radius 1 is 1.61 bits per heavy atom. The maximum Gasteiger partial charge on any atom is 0.192 e. The molecule has 0 bridgehead atoms. The average Bonchev–Trinajstić information content (AvgIpc) is 2.78. The van der Waals surface area contributed by atoms with Gasteiger partial charge >= 0.3 is 0 Å². The van der Waals surface area contributed by atoms with Crippen LogP contribution in [-0.2, 0) is 0 Å². The first kappa shape index (κ1) is 15.3. The summed E-state index contributed by atoms with van der Waals surface area (Å²) in [5.41, 5.74) is 0.895. The van der Waals surface area contributed by atoms with E-state index in [0.29, 0.717) is 24.5 Å². The summed E-state index contributed by atoms with van der Waals surface area (Å²) >= 11 is 1.40. The van der Waals surface area contributed by atoms with Gasteiger partial charge in [0, 0.05) is 30.6 Å². The molecule has 0 amide bonds. The van der Waals surface area contributed by atoms with E-state index in [-0.39, 0.29) is 11.9 Å². The van der Waals surface area contributed by atoms with Crippen LogP contribution in [0.2, 0.25) is 0 Å². The van der Waals surface area contributed by atoms with Crippen molar-refractivity contribution in [2.24, 2.45) is 0 Å². The molecule has 0 saturated heterocycles. The number of nitrogens with one attached hydrogen (secondary N) is 1. The molecule has 1 aromatic heterocycles. The lowest BCUT2D eigenvalue weighted by Gasteiger charge is -2.10. The second-order valence-electron chi connectivity index (χ2n) is 4.47. The number of aliphatic hydroxyl groups excluding tert-OH is 1. The Bertz CT molecular complexity index is 366. The fourth-order valence-corrected chi connectivity index (χ4v) is 2.37. The van der Waals surface area contributed by atoms with E-state index in [0.717, 1.165) is 25.0 Å². The molecule has 5 heteroatoms. The molecule has 0 aliphatic heterocycles. The monoisotopic (exact) mass is 270 g/mol. The Hall–Kier alpha value is -0.780. The van der Waals surface area contributed by atoms with Gasteiger partial charge in [0.05, 0.1) is 6.10 Å². The zero-order chi connectivity index (χ0) is 13.4. The van der Waals surface area contributed by atoms with E-state index >= 15 is 0 Å². The topological polar surface area (TPSA) is 62.2 Å². The van der Waals surface area contributed by atoms with E-state index in [1.807, 2.05) is 12.3 Å². The van der Waals surface area contributed by atoms with Crippen molar-refractivity contribution in [2.45, 2.75) is 45.6 Å². The van der Waals surface area contributed by atoms with Gasteiger partial charge in [-0.3, -0.25) is 4.79 Å². The largest absolute Gasteiger partial charge is 0.392 e. The fraction of sp³-hybridized carbons (Fsp3) is 0.692. The van der Waals surface area contributed by atoms with Crippen molar-refractivity contribution in [1.29, 1.82) is 0 Å². The molecule has 1 atom stereocenters. The lowest BCUT2D eigenvalue weighted by molar-refractivity contribution is 0.0978. The van der Waals surface area contributed by atoms with Gasteiger partial charge < -0.3 is 10.4 Å². The predicted octanol–water partition coefficient (Wildman–Crippen LogP) is 2.17. The first-order valence-corrected chi connectivity index (χ1v) is 7.35. The molecule has 0 aliphatic carbocycles. The summed E-state index contributed by atoms with van der Waals surface area (Å²) in [6.07, 6.45) is 3.09. The lowest BCUT2D eigenvalue weighted by Crippen LogP contribution is -2.28. The molecule has 0 spiro atoms. The predicted molar refractivity (Wildman–Crippen MR) is 74.2 cm³/mol. The third kappa shape index (κ3) is 5.71.